The van der Waals surface area contributed by atoms with Crippen molar-refractivity contribution in [2.45, 2.75) is 96.1 Å². The lowest BCUT2D eigenvalue weighted by Gasteiger charge is -2.50. The topological polar surface area (TPSA) is 49.4 Å². The summed E-state index contributed by atoms with van der Waals surface area (Å²) in [5.41, 5.74) is 2.30. The van der Waals surface area contributed by atoms with Gasteiger partial charge in [-0.15, -0.1) is 0 Å². The Morgan fingerprint density at radius 2 is 1.75 bits per heavy atom. The number of amides is 2. The standard InChI is InChI=1S/C28H40N2O2/c1-19(2)13-20-14-26(31)30(18-20)28(27(32)29-25-9-5-6-10-25)12-11-23-15-21-7-3-4-8-22(21)16-24(23)17-28/h3-4,7-8,19-20,23-25H,5-6,9-18H2,1-2H3,(H,29,32)/t20-,23+,24+,28-/m1/s1. The van der Waals surface area contributed by atoms with E-state index in [2.05, 4.69) is 48.3 Å². The van der Waals surface area contributed by atoms with Gasteiger partial charge < -0.3 is 10.2 Å². The third kappa shape index (κ3) is 4.10. The Labute approximate surface area is 193 Å². The molecule has 0 radical (unpaired) electrons. The number of likely N-dealkylation sites (tertiary alicyclic amines) is 1. The van der Waals surface area contributed by atoms with Gasteiger partial charge >= 0.3 is 0 Å². The molecule has 1 aromatic carbocycles. The Hall–Kier alpha value is -1.84. The van der Waals surface area contributed by atoms with Crippen LogP contribution in [0.1, 0.15) is 82.8 Å². The van der Waals surface area contributed by atoms with Gasteiger partial charge in [0.25, 0.3) is 0 Å². The lowest BCUT2D eigenvalue weighted by atomic mass is 9.62. The summed E-state index contributed by atoms with van der Waals surface area (Å²) in [5.74, 6) is 2.48. The van der Waals surface area contributed by atoms with Crippen LogP contribution in [-0.2, 0) is 22.4 Å². The van der Waals surface area contributed by atoms with Crippen LogP contribution in [0.25, 0.3) is 0 Å². The van der Waals surface area contributed by atoms with Crippen LogP contribution in [0.4, 0.5) is 0 Å². The Kier molecular flexibility index (Phi) is 6.07. The van der Waals surface area contributed by atoms with E-state index in [0.29, 0.717) is 36.1 Å². The summed E-state index contributed by atoms with van der Waals surface area (Å²) in [4.78, 5) is 29.3. The van der Waals surface area contributed by atoms with Crippen molar-refractivity contribution in [3.8, 4) is 0 Å². The average molecular weight is 437 g/mol. The zero-order valence-corrected chi connectivity index (χ0v) is 19.9. The third-order valence-corrected chi connectivity index (χ3v) is 8.92. The molecule has 0 bridgehead atoms. The summed E-state index contributed by atoms with van der Waals surface area (Å²) in [6.07, 6.45) is 11.2. The zero-order chi connectivity index (χ0) is 22.3. The van der Waals surface area contributed by atoms with Crippen molar-refractivity contribution in [3.05, 3.63) is 35.4 Å². The fraction of sp³-hybridized carbons (Fsp3) is 0.714. The maximum Gasteiger partial charge on any atom is 0.246 e. The van der Waals surface area contributed by atoms with Gasteiger partial charge in [-0.25, -0.2) is 0 Å². The number of carbonyl (C=O) groups excluding carboxylic acids is 2. The molecular weight excluding hydrogens is 396 g/mol. The third-order valence-electron chi connectivity index (χ3n) is 8.92. The van der Waals surface area contributed by atoms with Gasteiger partial charge in [0.1, 0.15) is 5.54 Å². The molecule has 0 aromatic heterocycles. The first-order chi connectivity index (χ1) is 15.4. The van der Waals surface area contributed by atoms with E-state index in [1.807, 2.05) is 0 Å². The van der Waals surface area contributed by atoms with Gasteiger partial charge in [-0.1, -0.05) is 51.0 Å². The van der Waals surface area contributed by atoms with Crippen LogP contribution >= 0.6 is 0 Å². The molecule has 1 aromatic rings. The first kappa shape index (κ1) is 22.0. The Bertz CT molecular complexity index is 859. The second kappa shape index (κ2) is 8.83. The number of nitrogens with one attached hydrogen (secondary N) is 1. The summed E-state index contributed by atoms with van der Waals surface area (Å²) >= 11 is 0. The van der Waals surface area contributed by atoms with Gasteiger partial charge in [0.05, 0.1) is 0 Å². The number of fused-ring (bicyclic) bond motifs is 2. The van der Waals surface area contributed by atoms with Crippen LogP contribution in [-0.4, -0.2) is 34.8 Å². The normalized spacial score (nSPS) is 32.8. The smallest absolute Gasteiger partial charge is 0.246 e. The van der Waals surface area contributed by atoms with Crippen LogP contribution in [0.5, 0.6) is 0 Å². The van der Waals surface area contributed by atoms with Crippen molar-refractivity contribution in [2.75, 3.05) is 6.54 Å². The monoisotopic (exact) mass is 436 g/mol. The molecule has 2 amide bonds. The molecule has 4 aliphatic rings. The van der Waals surface area contributed by atoms with E-state index in [1.54, 1.807) is 0 Å². The largest absolute Gasteiger partial charge is 0.351 e. The summed E-state index contributed by atoms with van der Waals surface area (Å²) in [7, 11) is 0. The van der Waals surface area contributed by atoms with Crippen molar-refractivity contribution < 1.29 is 9.59 Å². The summed E-state index contributed by atoms with van der Waals surface area (Å²) in [6.45, 7) is 5.24. The van der Waals surface area contributed by atoms with Crippen LogP contribution in [0.3, 0.4) is 0 Å². The maximum absolute atomic E-state index is 14.0. The van der Waals surface area contributed by atoms with Gasteiger partial charge in [-0.2, -0.15) is 0 Å². The minimum absolute atomic E-state index is 0.153. The predicted octanol–water partition coefficient (Wildman–Crippen LogP) is 4.89. The lowest BCUT2D eigenvalue weighted by Crippen LogP contribution is -2.63. The molecule has 0 spiro atoms. The molecule has 3 fully saturated rings. The Balaban J connectivity index is 1.42. The molecule has 4 heteroatoms. The summed E-state index contributed by atoms with van der Waals surface area (Å²) < 4.78 is 0. The Morgan fingerprint density at radius 1 is 1.06 bits per heavy atom. The van der Waals surface area contributed by atoms with Crippen LogP contribution in [0.15, 0.2) is 24.3 Å². The number of hydrogen-bond acceptors (Lipinski definition) is 2. The van der Waals surface area contributed by atoms with Crippen molar-refractivity contribution in [1.82, 2.24) is 10.2 Å². The van der Waals surface area contributed by atoms with Gasteiger partial charge in [0.2, 0.25) is 11.8 Å². The summed E-state index contributed by atoms with van der Waals surface area (Å²) in [5, 5.41) is 3.42. The molecule has 1 saturated heterocycles. The van der Waals surface area contributed by atoms with E-state index in [0.717, 1.165) is 57.9 Å². The van der Waals surface area contributed by atoms with Crippen LogP contribution < -0.4 is 5.32 Å². The molecule has 32 heavy (non-hydrogen) atoms. The van der Waals surface area contributed by atoms with Crippen molar-refractivity contribution in [2.24, 2.45) is 23.7 Å². The van der Waals surface area contributed by atoms with E-state index in [4.69, 9.17) is 0 Å². The molecule has 5 rings (SSSR count). The van der Waals surface area contributed by atoms with E-state index >= 15 is 0 Å². The fourth-order valence-electron chi connectivity index (χ4n) is 7.37. The Morgan fingerprint density at radius 3 is 2.44 bits per heavy atom. The molecule has 4 nitrogen and oxygen atoms in total. The van der Waals surface area contributed by atoms with Crippen LogP contribution in [0.2, 0.25) is 0 Å². The predicted molar refractivity (Wildman–Crippen MR) is 127 cm³/mol. The zero-order valence-electron chi connectivity index (χ0n) is 19.9. The molecule has 2 saturated carbocycles. The molecule has 1 aliphatic heterocycles. The quantitative estimate of drug-likeness (QED) is 0.714. The first-order valence-electron chi connectivity index (χ1n) is 13.1. The highest BCUT2D eigenvalue weighted by Crippen LogP contribution is 2.48. The van der Waals surface area contributed by atoms with Gasteiger partial charge in [-0.3, -0.25) is 9.59 Å². The fourth-order valence-corrected chi connectivity index (χ4v) is 7.37. The number of nitrogens with zero attached hydrogens (tertiary/aromatic N) is 1. The van der Waals surface area contributed by atoms with Gasteiger partial charge in [0, 0.05) is 19.0 Å². The van der Waals surface area contributed by atoms with Crippen molar-refractivity contribution in [1.29, 1.82) is 0 Å². The molecule has 1 N–H and O–H groups in total. The SMILES string of the molecule is CC(C)C[C@@H]1CC(=O)N([C@]2(C(=O)NC3CCCC3)CC[C@H]3Cc4ccccc4C[C@H]3C2)C1. The number of hydrogen-bond donors (Lipinski definition) is 1. The molecule has 1 heterocycles. The highest BCUT2D eigenvalue weighted by atomic mass is 16.2. The van der Waals surface area contributed by atoms with E-state index in [9.17, 15) is 9.59 Å². The molecule has 4 atom stereocenters. The first-order valence-corrected chi connectivity index (χ1v) is 13.1. The molecule has 174 valence electrons. The maximum atomic E-state index is 14.0. The average Bonchev–Trinajstić information content (AvgIpc) is 3.41. The van der Waals surface area contributed by atoms with Gasteiger partial charge in [-0.05, 0) is 86.2 Å². The molecule has 0 unspecified atom stereocenters. The lowest BCUT2D eigenvalue weighted by molar-refractivity contribution is -0.150. The van der Waals surface area contributed by atoms with E-state index in [1.165, 1.54) is 24.0 Å². The highest BCUT2D eigenvalue weighted by Gasteiger charge is 2.54. The number of carbonyl (C=O) groups is 2. The van der Waals surface area contributed by atoms with E-state index in [-0.39, 0.29) is 11.8 Å². The van der Waals surface area contributed by atoms with E-state index < -0.39 is 5.54 Å². The second-order valence-corrected chi connectivity index (χ2v) is 11.6. The van der Waals surface area contributed by atoms with Crippen LogP contribution in [0, 0.1) is 23.7 Å². The van der Waals surface area contributed by atoms with Crippen molar-refractivity contribution >= 4 is 11.8 Å². The molecular formula is C28H40N2O2. The number of rotatable bonds is 5. The van der Waals surface area contributed by atoms with Gasteiger partial charge in [0.15, 0.2) is 0 Å². The number of benzene rings is 1. The minimum Gasteiger partial charge on any atom is -0.351 e. The summed E-state index contributed by atoms with van der Waals surface area (Å²) in [6, 6.07) is 9.14. The highest BCUT2D eigenvalue weighted by molar-refractivity contribution is 5.92. The minimum atomic E-state index is -0.640. The van der Waals surface area contributed by atoms with Crippen molar-refractivity contribution in [3.63, 3.8) is 0 Å². The second-order valence-electron chi connectivity index (χ2n) is 11.6. The molecule has 3 aliphatic carbocycles.